The summed E-state index contributed by atoms with van der Waals surface area (Å²) in [6, 6.07) is 11.8. The molecule has 5 rings (SSSR count). The van der Waals surface area contributed by atoms with E-state index in [0.717, 1.165) is 11.3 Å². The van der Waals surface area contributed by atoms with Crippen LogP contribution in [0.25, 0.3) is 16.9 Å². The van der Waals surface area contributed by atoms with Gasteiger partial charge in [0.05, 0.1) is 10.3 Å². The van der Waals surface area contributed by atoms with Crippen molar-refractivity contribution < 1.29 is 13.2 Å². The van der Waals surface area contributed by atoms with Gasteiger partial charge in [0, 0.05) is 29.3 Å². The number of hydrogen-bond acceptors (Lipinski definition) is 7. The second-order valence-electron chi connectivity index (χ2n) is 8.02. The number of hydrogen-bond donors (Lipinski definition) is 3. The number of carbonyl (C=O) groups excluding carboxylic acids is 1. The van der Waals surface area contributed by atoms with Gasteiger partial charge in [0.2, 0.25) is 21.9 Å². The predicted molar refractivity (Wildman–Crippen MR) is 119 cm³/mol. The Balaban J connectivity index is 1.51. The Morgan fingerprint density at radius 3 is 2.75 bits per heavy atom. The largest absolute Gasteiger partial charge is 0.325 e. The average Bonchev–Trinajstić information content (AvgIpc) is 3.24. The molecular weight excluding hydrogens is 430 g/mol. The molecule has 4 N–H and O–H groups in total. The predicted octanol–water partition coefficient (Wildman–Crippen LogP) is 2.41. The number of nitrogens with zero attached hydrogens (tertiary/aromatic N) is 4. The summed E-state index contributed by atoms with van der Waals surface area (Å²) >= 11 is 0. The van der Waals surface area contributed by atoms with Crippen LogP contribution in [-0.2, 0) is 20.2 Å². The van der Waals surface area contributed by atoms with Crippen molar-refractivity contribution in [3.8, 4) is 11.3 Å². The zero-order valence-corrected chi connectivity index (χ0v) is 18.0. The van der Waals surface area contributed by atoms with Crippen LogP contribution in [0.1, 0.15) is 19.4 Å². The molecule has 0 aliphatic carbocycles. The summed E-state index contributed by atoms with van der Waals surface area (Å²) in [6.45, 7) is 3.76. The molecule has 11 heteroatoms. The maximum atomic E-state index is 12.2. The Hall–Kier alpha value is -3.83. The maximum Gasteiger partial charge on any atom is 0.247 e. The number of primary sulfonamides is 1. The molecule has 3 heterocycles. The zero-order valence-electron chi connectivity index (χ0n) is 17.2. The van der Waals surface area contributed by atoms with Crippen LogP contribution in [-0.4, -0.2) is 33.9 Å². The van der Waals surface area contributed by atoms with Crippen molar-refractivity contribution >= 4 is 38.9 Å². The Bertz CT molecular complexity index is 1510. The van der Waals surface area contributed by atoms with Crippen LogP contribution >= 0.6 is 0 Å². The van der Waals surface area contributed by atoms with E-state index in [0.29, 0.717) is 28.5 Å². The molecule has 32 heavy (non-hydrogen) atoms. The molecule has 0 unspecified atom stereocenters. The van der Waals surface area contributed by atoms with Crippen molar-refractivity contribution in [2.75, 3.05) is 10.6 Å². The first kappa shape index (κ1) is 20.1. The van der Waals surface area contributed by atoms with Crippen molar-refractivity contribution in [3.63, 3.8) is 0 Å². The lowest BCUT2D eigenvalue weighted by atomic mass is 9.86. The summed E-state index contributed by atoms with van der Waals surface area (Å²) in [5.41, 5.74) is 3.25. The van der Waals surface area contributed by atoms with Crippen LogP contribution in [0.5, 0.6) is 0 Å². The van der Waals surface area contributed by atoms with Gasteiger partial charge < -0.3 is 10.6 Å². The quantitative estimate of drug-likeness (QED) is 0.434. The highest BCUT2D eigenvalue weighted by Gasteiger charge is 2.38. The highest BCUT2D eigenvalue weighted by atomic mass is 32.2. The number of rotatable bonds is 4. The number of carbonyl (C=O) groups is 1. The van der Waals surface area contributed by atoms with Gasteiger partial charge in [-0.3, -0.25) is 9.78 Å². The van der Waals surface area contributed by atoms with E-state index in [4.69, 9.17) is 5.14 Å². The Kier molecular flexibility index (Phi) is 4.29. The van der Waals surface area contributed by atoms with Gasteiger partial charge in [-0.15, -0.1) is 5.10 Å². The van der Waals surface area contributed by atoms with Crippen molar-refractivity contribution in [3.05, 3.63) is 60.4 Å². The Labute approximate surface area is 183 Å². The molecule has 4 aromatic rings. The second-order valence-corrected chi connectivity index (χ2v) is 9.58. The number of nitrogens with two attached hydrogens (primary N) is 1. The molecule has 1 aliphatic rings. The van der Waals surface area contributed by atoms with E-state index >= 15 is 0 Å². The lowest BCUT2D eigenvalue weighted by molar-refractivity contribution is -0.119. The van der Waals surface area contributed by atoms with E-state index in [1.54, 1.807) is 29.0 Å². The molecule has 0 radical (unpaired) electrons. The first-order chi connectivity index (χ1) is 15.1. The third-order valence-electron chi connectivity index (χ3n) is 5.46. The maximum absolute atomic E-state index is 12.2. The summed E-state index contributed by atoms with van der Waals surface area (Å²) in [7, 11) is -3.85. The highest BCUT2D eigenvalue weighted by Crippen LogP contribution is 2.39. The third kappa shape index (κ3) is 3.27. The first-order valence-electron chi connectivity index (χ1n) is 9.70. The highest BCUT2D eigenvalue weighted by molar-refractivity contribution is 7.89. The molecule has 0 spiro atoms. The van der Waals surface area contributed by atoms with Gasteiger partial charge in [0.1, 0.15) is 5.69 Å². The number of anilines is 3. The summed E-state index contributed by atoms with van der Waals surface area (Å²) < 4.78 is 25.0. The number of benzene rings is 2. The van der Waals surface area contributed by atoms with Gasteiger partial charge in [-0.25, -0.2) is 18.1 Å². The number of fused-ring (bicyclic) bond motifs is 2. The van der Waals surface area contributed by atoms with E-state index in [-0.39, 0.29) is 10.8 Å². The fourth-order valence-electron chi connectivity index (χ4n) is 3.69. The summed E-state index contributed by atoms with van der Waals surface area (Å²) in [5, 5.41) is 15.7. The number of aromatic nitrogens is 4. The molecule has 2 aromatic heterocycles. The van der Waals surface area contributed by atoms with Crippen LogP contribution in [0.3, 0.4) is 0 Å². The molecule has 0 bridgehead atoms. The average molecular weight is 449 g/mol. The molecule has 0 saturated carbocycles. The van der Waals surface area contributed by atoms with Crippen LogP contribution in [0.15, 0.2) is 59.8 Å². The van der Waals surface area contributed by atoms with E-state index in [2.05, 4.69) is 25.7 Å². The summed E-state index contributed by atoms with van der Waals surface area (Å²) in [6.07, 6.45) is 3.20. The Morgan fingerprint density at radius 2 is 1.97 bits per heavy atom. The first-order valence-corrected chi connectivity index (χ1v) is 11.3. The molecule has 0 fully saturated rings. The molecule has 2 aromatic carbocycles. The van der Waals surface area contributed by atoms with Crippen LogP contribution in [0.2, 0.25) is 0 Å². The minimum absolute atomic E-state index is 0.0141. The van der Waals surface area contributed by atoms with Gasteiger partial charge in [-0.2, -0.15) is 4.98 Å². The lowest BCUT2D eigenvalue weighted by Crippen LogP contribution is -2.26. The minimum Gasteiger partial charge on any atom is -0.325 e. The summed E-state index contributed by atoms with van der Waals surface area (Å²) in [5.74, 6) is 0.276. The van der Waals surface area contributed by atoms with Crippen molar-refractivity contribution in [2.24, 2.45) is 5.14 Å². The van der Waals surface area contributed by atoms with Gasteiger partial charge in [0.15, 0.2) is 5.65 Å². The number of amides is 1. The second kappa shape index (κ2) is 6.84. The van der Waals surface area contributed by atoms with Gasteiger partial charge in [0.25, 0.3) is 0 Å². The van der Waals surface area contributed by atoms with E-state index in [9.17, 15) is 13.2 Å². The van der Waals surface area contributed by atoms with Crippen molar-refractivity contribution in [1.29, 1.82) is 0 Å². The van der Waals surface area contributed by atoms with Gasteiger partial charge >= 0.3 is 0 Å². The molecule has 162 valence electrons. The SMILES string of the molecule is CC1(C)C(=O)Nc2cc(Nc3nc4c(-c5cccc(S(N)(=O)=O)c5)nccn4n3)ccc21. The molecule has 10 nitrogen and oxygen atoms in total. The van der Waals surface area contributed by atoms with E-state index in [1.807, 2.05) is 32.0 Å². The fraction of sp³-hybridized carbons (Fsp3) is 0.143. The summed E-state index contributed by atoms with van der Waals surface area (Å²) in [4.78, 5) is 21.1. The standard InChI is InChI=1S/C21H19N7O3S/c1-21(2)15-7-6-13(11-16(15)25-19(21)29)24-20-26-18-17(23-8-9-28(18)27-20)12-4-3-5-14(10-12)32(22,30)31/h3-11H,1-2H3,(H,24,27)(H,25,29)(H2,22,30,31). The third-order valence-corrected chi connectivity index (χ3v) is 6.37. The van der Waals surface area contributed by atoms with Crippen LogP contribution in [0.4, 0.5) is 17.3 Å². The topological polar surface area (TPSA) is 144 Å². The smallest absolute Gasteiger partial charge is 0.247 e. The van der Waals surface area contributed by atoms with Crippen molar-refractivity contribution in [2.45, 2.75) is 24.2 Å². The molecule has 1 amide bonds. The normalized spacial score (nSPS) is 14.9. The van der Waals surface area contributed by atoms with E-state index < -0.39 is 15.4 Å². The monoisotopic (exact) mass is 449 g/mol. The zero-order chi connectivity index (χ0) is 22.7. The fourth-order valence-corrected chi connectivity index (χ4v) is 4.25. The minimum atomic E-state index is -3.85. The number of sulfonamides is 1. The van der Waals surface area contributed by atoms with E-state index in [1.165, 1.54) is 12.1 Å². The molecule has 1 aliphatic heterocycles. The lowest BCUT2D eigenvalue weighted by Gasteiger charge is -2.14. The Morgan fingerprint density at radius 1 is 1.16 bits per heavy atom. The van der Waals surface area contributed by atoms with Crippen LogP contribution < -0.4 is 15.8 Å². The van der Waals surface area contributed by atoms with Crippen LogP contribution in [0, 0.1) is 0 Å². The van der Waals surface area contributed by atoms with Gasteiger partial charge in [-0.1, -0.05) is 18.2 Å². The number of nitrogens with one attached hydrogen (secondary N) is 2. The molecule has 0 saturated heterocycles. The molecular formula is C21H19N7O3S. The van der Waals surface area contributed by atoms with Gasteiger partial charge in [-0.05, 0) is 43.7 Å². The van der Waals surface area contributed by atoms with Crippen molar-refractivity contribution in [1.82, 2.24) is 19.6 Å². The molecule has 0 atom stereocenters.